The maximum atomic E-state index is 5.29. The number of hydrogen-bond donors (Lipinski definition) is 1. The van der Waals surface area contributed by atoms with Crippen molar-refractivity contribution in [2.45, 2.75) is 33.6 Å². The van der Waals surface area contributed by atoms with Gasteiger partial charge in [-0.2, -0.15) is 0 Å². The molecule has 0 fully saturated rings. The van der Waals surface area contributed by atoms with Crippen molar-refractivity contribution in [2.75, 3.05) is 38.6 Å². The van der Waals surface area contributed by atoms with Crippen LogP contribution in [0.1, 0.15) is 32.4 Å². The smallest absolute Gasteiger partial charge is 0.121 e. The average molecular weight is 315 g/mol. The highest BCUT2D eigenvalue weighted by Crippen LogP contribution is 2.26. The fourth-order valence-corrected chi connectivity index (χ4v) is 2.84. The Morgan fingerprint density at radius 2 is 1.91 bits per heavy atom. The Hall–Kier alpha value is -1.81. The van der Waals surface area contributed by atoms with Gasteiger partial charge in [0.1, 0.15) is 5.75 Å². The molecule has 0 atom stereocenters. The van der Waals surface area contributed by atoms with Gasteiger partial charge < -0.3 is 15.0 Å². The van der Waals surface area contributed by atoms with E-state index in [1.54, 1.807) is 7.11 Å². The summed E-state index contributed by atoms with van der Waals surface area (Å²) in [5.41, 5.74) is 3.17. The van der Waals surface area contributed by atoms with Crippen molar-refractivity contribution < 1.29 is 4.74 Å². The van der Waals surface area contributed by atoms with Crippen molar-refractivity contribution in [1.29, 1.82) is 0 Å². The molecule has 0 spiro atoms. The summed E-state index contributed by atoms with van der Waals surface area (Å²) in [5, 5.41) is 4.73. The summed E-state index contributed by atoms with van der Waals surface area (Å²) < 4.78 is 5.29. The number of fused-ring (bicyclic) bond motifs is 1. The number of unbranched alkanes of at least 4 members (excludes halogenated alkanes) is 1. The molecule has 0 aliphatic carbocycles. The first-order valence-electron chi connectivity index (χ1n) is 8.59. The second-order valence-electron chi connectivity index (χ2n) is 5.86. The molecule has 23 heavy (non-hydrogen) atoms. The predicted octanol–water partition coefficient (Wildman–Crippen LogP) is 4.09. The number of anilines is 1. The van der Waals surface area contributed by atoms with E-state index in [2.05, 4.69) is 41.2 Å². The Morgan fingerprint density at radius 3 is 2.61 bits per heavy atom. The number of hydrogen-bond acceptors (Lipinski definition) is 4. The van der Waals surface area contributed by atoms with Crippen molar-refractivity contribution in [2.24, 2.45) is 0 Å². The zero-order valence-electron chi connectivity index (χ0n) is 14.9. The fraction of sp³-hybridized carbons (Fsp3) is 0.526. The molecule has 126 valence electrons. The quantitative estimate of drug-likeness (QED) is 0.707. The molecule has 1 N–H and O–H groups in total. The number of pyridine rings is 1. The number of aryl methyl sites for hydroxylation is 1. The first-order valence-corrected chi connectivity index (χ1v) is 8.59. The maximum Gasteiger partial charge on any atom is 0.121 e. The van der Waals surface area contributed by atoms with Crippen molar-refractivity contribution in [1.82, 2.24) is 9.88 Å². The van der Waals surface area contributed by atoms with Crippen LogP contribution in [0.25, 0.3) is 10.9 Å². The SMILES string of the molecule is CCN(CC)CCCCNc1cc(C)nc2cc(OC)ccc12. The predicted molar refractivity (Wildman–Crippen MR) is 98.5 cm³/mol. The van der Waals surface area contributed by atoms with Crippen molar-refractivity contribution in [3.8, 4) is 5.75 Å². The van der Waals surface area contributed by atoms with Crippen LogP contribution in [0.3, 0.4) is 0 Å². The van der Waals surface area contributed by atoms with Crippen molar-refractivity contribution in [3.05, 3.63) is 30.0 Å². The molecule has 2 rings (SSSR count). The molecular weight excluding hydrogens is 286 g/mol. The van der Waals surface area contributed by atoms with Crippen molar-refractivity contribution >= 4 is 16.6 Å². The molecule has 0 unspecified atom stereocenters. The summed E-state index contributed by atoms with van der Waals surface area (Å²) in [7, 11) is 1.69. The molecule has 0 aliphatic rings. The van der Waals surface area contributed by atoms with Crippen LogP contribution in [0.4, 0.5) is 5.69 Å². The monoisotopic (exact) mass is 315 g/mol. The molecule has 1 aromatic carbocycles. The first-order chi connectivity index (χ1) is 11.2. The van der Waals surface area contributed by atoms with E-state index in [0.29, 0.717) is 0 Å². The van der Waals surface area contributed by atoms with Gasteiger partial charge >= 0.3 is 0 Å². The van der Waals surface area contributed by atoms with E-state index < -0.39 is 0 Å². The molecule has 0 saturated heterocycles. The third kappa shape index (κ3) is 4.83. The third-order valence-electron chi connectivity index (χ3n) is 4.26. The zero-order valence-corrected chi connectivity index (χ0v) is 14.9. The summed E-state index contributed by atoms with van der Waals surface area (Å²) in [5.74, 6) is 0.848. The summed E-state index contributed by atoms with van der Waals surface area (Å²) in [6, 6.07) is 8.19. The van der Waals surface area contributed by atoms with E-state index in [0.717, 1.165) is 47.7 Å². The Balaban J connectivity index is 1.97. The summed E-state index contributed by atoms with van der Waals surface area (Å²) in [6.45, 7) is 10.9. The van der Waals surface area contributed by atoms with Gasteiger partial charge in [0.2, 0.25) is 0 Å². The van der Waals surface area contributed by atoms with Gasteiger partial charge in [0.05, 0.1) is 12.6 Å². The van der Waals surface area contributed by atoms with Gasteiger partial charge in [0.15, 0.2) is 0 Å². The Morgan fingerprint density at radius 1 is 1.13 bits per heavy atom. The first kappa shape index (κ1) is 17.5. The number of methoxy groups -OCH3 is 1. The second kappa shape index (κ2) is 8.73. The molecule has 0 radical (unpaired) electrons. The van der Waals surface area contributed by atoms with E-state index in [1.807, 2.05) is 19.1 Å². The number of benzene rings is 1. The molecule has 0 amide bonds. The lowest BCUT2D eigenvalue weighted by Gasteiger charge is -2.18. The number of ether oxygens (including phenoxy) is 1. The number of aromatic nitrogens is 1. The molecule has 4 nitrogen and oxygen atoms in total. The molecule has 1 heterocycles. The average Bonchev–Trinajstić information content (AvgIpc) is 2.57. The number of nitrogens with one attached hydrogen (secondary N) is 1. The minimum atomic E-state index is 0.848. The number of rotatable bonds is 9. The summed E-state index contributed by atoms with van der Waals surface area (Å²) in [4.78, 5) is 7.08. The largest absolute Gasteiger partial charge is 0.497 e. The van der Waals surface area contributed by atoms with E-state index >= 15 is 0 Å². The van der Waals surface area contributed by atoms with Gasteiger partial charge in [0, 0.05) is 29.4 Å². The van der Waals surface area contributed by atoms with Gasteiger partial charge in [-0.05, 0) is 57.6 Å². The fourth-order valence-electron chi connectivity index (χ4n) is 2.84. The van der Waals surface area contributed by atoms with Crippen LogP contribution >= 0.6 is 0 Å². The molecule has 4 heteroatoms. The topological polar surface area (TPSA) is 37.4 Å². The zero-order chi connectivity index (χ0) is 16.7. The minimum Gasteiger partial charge on any atom is -0.497 e. The van der Waals surface area contributed by atoms with Crippen LogP contribution in [0.2, 0.25) is 0 Å². The lowest BCUT2D eigenvalue weighted by Crippen LogP contribution is -2.24. The van der Waals surface area contributed by atoms with Crippen LogP contribution in [0.15, 0.2) is 24.3 Å². The van der Waals surface area contributed by atoms with Gasteiger partial charge in [-0.3, -0.25) is 4.98 Å². The molecule has 1 aromatic heterocycles. The minimum absolute atomic E-state index is 0.848. The summed E-state index contributed by atoms with van der Waals surface area (Å²) >= 11 is 0. The summed E-state index contributed by atoms with van der Waals surface area (Å²) in [6.07, 6.45) is 2.40. The van der Waals surface area contributed by atoms with Gasteiger partial charge in [0.25, 0.3) is 0 Å². The van der Waals surface area contributed by atoms with Crippen LogP contribution in [-0.2, 0) is 0 Å². The standard InChI is InChI=1S/C19H29N3O/c1-5-22(6-2)12-8-7-11-20-18-13-15(3)21-19-14-16(23-4)9-10-17(18)19/h9-10,13-14H,5-8,11-12H2,1-4H3,(H,20,21). The second-order valence-corrected chi connectivity index (χ2v) is 5.86. The van der Waals surface area contributed by atoms with Crippen LogP contribution in [0, 0.1) is 6.92 Å². The van der Waals surface area contributed by atoms with Crippen LogP contribution in [0.5, 0.6) is 5.75 Å². The van der Waals surface area contributed by atoms with Gasteiger partial charge in [-0.1, -0.05) is 13.8 Å². The highest BCUT2D eigenvalue weighted by atomic mass is 16.5. The molecule has 2 aromatic rings. The lowest BCUT2D eigenvalue weighted by atomic mass is 10.1. The van der Waals surface area contributed by atoms with E-state index in [4.69, 9.17) is 4.74 Å². The van der Waals surface area contributed by atoms with E-state index in [1.165, 1.54) is 19.4 Å². The van der Waals surface area contributed by atoms with Crippen LogP contribution in [-0.4, -0.2) is 43.2 Å². The van der Waals surface area contributed by atoms with Gasteiger partial charge in [-0.15, -0.1) is 0 Å². The lowest BCUT2D eigenvalue weighted by molar-refractivity contribution is 0.298. The molecule has 0 aliphatic heterocycles. The Kier molecular flexibility index (Phi) is 6.66. The maximum absolute atomic E-state index is 5.29. The highest BCUT2D eigenvalue weighted by Gasteiger charge is 2.05. The van der Waals surface area contributed by atoms with E-state index in [-0.39, 0.29) is 0 Å². The number of nitrogens with zero attached hydrogens (tertiary/aromatic N) is 2. The van der Waals surface area contributed by atoms with Crippen LogP contribution < -0.4 is 10.1 Å². The normalized spacial score (nSPS) is 11.2. The van der Waals surface area contributed by atoms with Crippen molar-refractivity contribution in [3.63, 3.8) is 0 Å². The third-order valence-corrected chi connectivity index (χ3v) is 4.26. The molecule has 0 saturated carbocycles. The molecule has 0 bridgehead atoms. The Bertz CT molecular complexity index is 623. The molecular formula is C19H29N3O. The Labute approximate surface area is 139 Å². The van der Waals surface area contributed by atoms with E-state index in [9.17, 15) is 0 Å². The van der Waals surface area contributed by atoms with Gasteiger partial charge in [-0.25, -0.2) is 0 Å². The highest BCUT2D eigenvalue weighted by molar-refractivity contribution is 5.92.